The summed E-state index contributed by atoms with van der Waals surface area (Å²) in [6.07, 6.45) is -37.3. The molecule has 10 amide bonds. The molecule has 718 valence electrons. The summed E-state index contributed by atoms with van der Waals surface area (Å²) in [5, 5.41) is 154. The number of hydrogen-bond acceptors (Lipinski definition) is 35. The highest BCUT2D eigenvalue weighted by molar-refractivity contribution is 6.19. The van der Waals surface area contributed by atoms with Crippen molar-refractivity contribution in [3.05, 3.63) is 102 Å². The van der Waals surface area contributed by atoms with Crippen LogP contribution in [0.4, 0.5) is 21.0 Å². The van der Waals surface area contributed by atoms with Crippen LogP contribution in [0.2, 0.25) is 0 Å². The summed E-state index contributed by atoms with van der Waals surface area (Å²) in [5.74, 6) is -6.25. The second-order valence-corrected chi connectivity index (χ2v) is 33.9. The van der Waals surface area contributed by atoms with Crippen LogP contribution in [0.25, 0.3) is 27.4 Å². The van der Waals surface area contributed by atoms with Gasteiger partial charge >= 0.3 is 12.2 Å². The number of aliphatic hydroxyl groups excluding tert-OH is 12. The maximum atomic E-state index is 14.9. The molecule has 3 aromatic carbocycles. The Morgan fingerprint density at radius 1 is 0.557 bits per heavy atom. The molecule has 5 saturated heterocycles. The molecule has 12 rings (SSSR count). The van der Waals surface area contributed by atoms with E-state index in [4.69, 9.17) is 68.1 Å². The Labute approximate surface area is 752 Å². The molecule has 3 aromatic heterocycles. The number of ether oxygens (including phenoxy) is 11. The van der Waals surface area contributed by atoms with Gasteiger partial charge in [-0.2, -0.15) is 0 Å². The Morgan fingerprint density at radius 2 is 1.07 bits per heavy atom. The van der Waals surface area contributed by atoms with E-state index in [9.17, 15) is 109 Å². The minimum absolute atomic E-state index is 0.00350. The van der Waals surface area contributed by atoms with Crippen LogP contribution < -0.4 is 46.9 Å². The molecule has 5 fully saturated rings. The number of aromatic nitrogens is 2. The number of imidazole rings is 1. The second kappa shape index (κ2) is 43.3. The molecule has 6 aliphatic heterocycles. The molecule has 0 radical (unpaired) electrons. The molecule has 6 aliphatic rings. The Hall–Kier alpha value is -10.1. The minimum atomic E-state index is -2.12. The van der Waals surface area contributed by atoms with E-state index in [1.165, 1.54) is 23.0 Å². The summed E-state index contributed by atoms with van der Waals surface area (Å²) < 4.78 is 73.4. The number of halogens is 1. The van der Waals surface area contributed by atoms with Crippen molar-refractivity contribution in [1.82, 2.24) is 51.1 Å². The van der Waals surface area contributed by atoms with E-state index in [2.05, 4.69) is 42.2 Å². The number of furan rings is 1. The van der Waals surface area contributed by atoms with Gasteiger partial charge in [0.2, 0.25) is 35.4 Å². The largest absolute Gasteiger partial charge is 0.451 e. The number of aryl methyl sites for hydroxylation is 1. The number of carbonyl (C=O) groups is 10. The standard InChI is InChI=1S/C84H111ClN12O34/c1-36-13-12-15-44-48(26-46-59(58(36)44)42(27-85)28-97(46)76(116)45-30-96-29-43(17-18-55(96)92-45)91-75(115)49-25-41-14-10-11-16-47(41)120-49)126-83(119)95(24-23-94(9)82(118)131-84(6,7)8)22-20-56(107)86-21-19-57(108)93-61-66(110)65(109)50(31-98)122-78(61)128-72-52(33-100)124-80(63(68(72)112)89-39(4)105)130-74-54(35-102)125-81(64(70(74)114)90-40(5)106)129-73-53(34-101)123-79(62(69(73)113)88-38(3)104)127-71-51(32-99)121-77(117)60(67(71)111)87-37(2)103/h10-18,25-26,29-30,42,50-54,60-74,77-81,98-102,109-114,117H,19-24,27-28,31-35H2,1-9H3,(H,86,107)(H,87,103)(H,88,104)(H,89,105)(H,90,106)(H,91,115)(H,93,108)/t42-,50-,51-,52-,53-,54-,60-,61-,62-,63-,64-,65-,66-,67-,68-,69-,70-,71?,72?,73?,74?,77?,78+,79+,80+,81+/m1/s1. The zero-order valence-electron chi connectivity index (χ0n) is 72.7. The van der Waals surface area contributed by atoms with Gasteiger partial charge in [-0.05, 0) is 68.5 Å². The summed E-state index contributed by atoms with van der Waals surface area (Å²) in [6, 6.07) is 10.1. The monoisotopic (exact) mass is 1870 g/mol. The molecule has 0 aliphatic carbocycles. The van der Waals surface area contributed by atoms with E-state index < -0.39 is 277 Å². The SMILES string of the molecule is CC(=O)N[C@H]1[C@H](OC2[C@@H](CO)O[C@@H](OC3[C@@H](CO)O[C@@H](OC4[C@@H](CO)OC(O)[C@H](NC(C)=O)[C@H]4O)[C@H](NC(C)=O)[C@H]3O)[C@H](NC(C)=O)[C@H]2O)O[C@H](CO)C(O[C@@H]2O[C@H](CO)[C@@H](O)[C@H](O)[C@H]2NC(=O)CCNC(=O)CCN(CCN(C)C(=O)OC(C)(C)C)C(=O)Oc2cc3c(c4c(C)cccc24)[C@H](CCl)CN3C(=O)c2cn3cc(NC(=O)c4cc5ccccc5o4)ccc3n2)[C@@H]1O. The number of para-hydroxylation sites is 1. The average Bonchev–Trinajstić information content (AvgIpc) is 1.59. The third kappa shape index (κ3) is 23.0. The lowest BCUT2D eigenvalue weighted by Crippen LogP contribution is -2.72. The number of hydrogen-bond donors (Lipinski definition) is 19. The Bertz CT molecular complexity index is 5050. The first-order valence-corrected chi connectivity index (χ1v) is 42.8. The van der Waals surface area contributed by atoms with Gasteiger partial charge in [0.15, 0.2) is 37.2 Å². The van der Waals surface area contributed by atoms with Gasteiger partial charge in [0.25, 0.3) is 11.8 Å². The van der Waals surface area contributed by atoms with Crippen molar-refractivity contribution in [2.24, 2.45) is 0 Å². The number of nitrogens with zero attached hydrogens (tertiary/aromatic N) is 5. The highest BCUT2D eigenvalue weighted by Gasteiger charge is 2.58. The van der Waals surface area contributed by atoms with Crippen molar-refractivity contribution in [2.45, 2.75) is 233 Å². The summed E-state index contributed by atoms with van der Waals surface area (Å²) in [7, 11) is 1.44. The molecular weight excluding hydrogens is 1760 g/mol. The molecular formula is C84H111ClN12O34. The smallest absolute Gasteiger partial charge is 0.415 e. The van der Waals surface area contributed by atoms with Crippen LogP contribution in [-0.2, 0) is 76.1 Å². The third-order valence-electron chi connectivity index (χ3n) is 22.9. The Balaban J connectivity index is 0.704. The molecule has 0 saturated carbocycles. The number of likely N-dealkylation sites (N-methyl/N-ethyl adjacent to an activating group) is 1. The van der Waals surface area contributed by atoms with Crippen molar-refractivity contribution < 1.29 is 166 Å². The average molecular weight is 1870 g/mol. The van der Waals surface area contributed by atoms with Crippen LogP contribution in [-0.4, -0.2) is 377 Å². The molecule has 131 heavy (non-hydrogen) atoms. The lowest BCUT2D eigenvalue weighted by Gasteiger charge is -2.51. The predicted octanol–water partition coefficient (Wildman–Crippen LogP) is -3.87. The van der Waals surface area contributed by atoms with Gasteiger partial charge in [-0.25, -0.2) is 14.6 Å². The number of anilines is 2. The second-order valence-electron chi connectivity index (χ2n) is 33.6. The van der Waals surface area contributed by atoms with E-state index in [-0.39, 0.29) is 49.3 Å². The molecule has 0 spiro atoms. The van der Waals surface area contributed by atoms with Crippen molar-refractivity contribution in [1.29, 1.82) is 0 Å². The minimum Gasteiger partial charge on any atom is -0.451 e. The van der Waals surface area contributed by atoms with Gasteiger partial charge in [0, 0.05) is 121 Å². The van der Waals surface area contributed by atoms with Crippen molar-refractivity contribution >= 4 is 110 Å². The number of pyridine rings is 1. The number of fused-ring (bicyclic) bond motifs is 5. The number of rotatable bonds is 32. The number of aliphatic hydroxyl groups is 12. The molecule has 26 atom stereocenters. The first-order chi connectivity index (χ1) is 62.2. The van der Waals surface area contributed by atoms with Gasteiger partial charge in [-0.15, -0.1) is 11.6 Å². The topological polar surface area (TPSA) is 639 Å². The summed E-state index contributed by atoms with van der Waals surface area (Å²) in [6.45, 7) is 4.77. The molecule has 9 heterocycles. The van der Waals surface area contributed by atoms with Gasteiger partial charge < -0.3 is 174 Å². The Morgan fingerprint density at radius 3 is 1.59 bits per heavy atom. The van der Waals surface area contributed by atoms with Crippen LogP contribution in [0, 0.1) is 6.92 Å². The maximum Gasteiger partial charge on any atom is 0.415 e. The molecule has 5 unspecified atom stereocenters. The first-order valence-electron chi connectivity index (χ1n) is 42.2. The molecule has 19 N–H and O–H groups in total. The summed E-state index contributed by atoms with van der Waals surface area (Å²) >= 11 is 6.71. The quantitative estimate of drug-likeness (QED) is 0.0180. The van der Waals surface area contributed by atoms with Crippen molar-refractivity contribution in [2.75, 3.05) is 88.9 Å². The highest BCUT2D eigenvalue weighted by atomic mass is 35.5. The van der Waals surface area contributed by atoms with E-state index in [1.807, 2.05) is 25.1 Å². The lowest BCUT2D eigenvalue weighted by atomic mass is 9.92. The molecule has 47 heteroatoms. The fraction of sp³-hybridized carbons (Fsp3) is 0.583. The van der Waals surface area contributed by atoms with Gasteiger partial charge in [-0.3, -0.25) is 38.4 Å². The van der Waals surface area contributed by atoms with Gasteiger partial charge in [0.1, 0.15) is 150 Å². The summed E-state index contributed by atoms with van der Waals surface area (Å²) in [5.41, 5.74) is 2.19. The highest BCUT2D eigenvalue weighted by Crippen LogP contribution is 2.48. The summed E-state index contributed by atoms with van der Waals surface area (Å²) in [4.78, 5) is 144. The van der Waals surface area contributed by atoms with Gasteiger partial charge in [0.05, 0.1) is 44.4 Å². The maximum absolute atomic E-state index is 14.9. The third-order valence-corrected chi connectivity index (χ3v) is 23.3. The lowest BCUT2D eigenvalue weighted by molar-refractivity contribution is -0.367. The molecule has 46 nitrogen and oxygen atoms in total. The number of amides is 10. The number of benzene rings is 3. The zero-order valence-corrected chi connectivity index (χ0v) is 73.4. The number of alkyl halides is 1. The number of carbonyl (C=O) groups excluding carboxylic acids is 10. The fourth-order valence-corrected chi connectivity index (χ4v) is 16.8. The van der Waals surface area contributed by atoms with Crippen LogP contribution >= 0.6 is 11.6 Å². The zero-order chi connectivity index (χ0) is 95.0. The van der Waals surface area contributed by atoms with Crippen LogP contribution in [0.1, 0.15) is 99.4 Å². The normalized spacial score (nSPS) is 30.2. The predicted molar refractivity (Wildman–Crippen MR) is 451 cm³/mol. The van der Waals surface area contributed by atoms with Crippen molar-refractivity contribution in [3.63, 3.8) is 0 Å². The van der Waals surface area contributed by atoms with E-state index >= 15 is 0 Å². The first kappa shape index (κ1) is 99.9. The van der Waals surface area contributed by atoms with Gasteiger partial charge in [-0.1, -0.05) is 36.4 Å². The van der Waals surface area contributed by atoms with Crippen LogP contribution in [0.15, 0.2) is 83.5 Å². The number of nitrogens with one attached hydrogen (secondary N) is 7. The van der Waals surface area contributed by atoms with Crippen molar-refractivity contribution in [3.8, 4) is 5.75 Å². The molecule has 0 bridgehead atoms. The van der Waals surface area contributed by atoms with Crippen LogP contribution in [0.5, 0.6) is 5.75 Å². The van der Waals surface area contributed by atoms with E-state index in [0.717, 1.165) is 43.5 Å². The Kier molecular flexibility index (Phi) is 33.0. The van der Waals surface area contributed by atoms with Crippen LogP contribution in [0.3, 0.4) is 0 Å². The fourth-order valence-electron chi connectivity index (χ4n) is 16.6. The van der Waals surface area contributed by atoms with E-state index in [1.54, 1.807) is 79.9 Å². The molecule has 6 aromatic rings. The van der Waals surface area contributed by atoms with E-state index in [0.29, 0.717) is 38.9 Å².